The van der Waals surface area contributed by atoms with Crippen molar-refractivity contribution in [3.8, 4) is 11.5 Å². The van der Waals surface area contributed by atoms with Gasteiger partial charge < -0.3 is 9.47 Å². The summed E-state index contributed by atoms with van der Waals surface area (Å²) in [5.74, 6) is 1.29. The zero-order chi connectivity index (χ0) is 20.3. The van der Waals surface area contributed by atoms with Gasteiger partial charge in [-0.2, -0.15) is 0 Å². The van der Waals surface area contributed by atoms with Gasteiger partial charge in [-0.3, -0.25) is 9.69 Å². The van der Waals surface area contributed by atoms with Crippen molar-refractivity contribution < 1.29 is 14.3 Å². The fraction of sp³-hybridized carbons (Fsp3) is 0.200. The van der Waals surface area contributed by atoms with Gasteiger partial charge in [0.05, 0.1) is 15.1 Å². The predicted octanol–water partition coefficient (Wildman–Crippen LogP) is 5.70. The summed E-state index contributed by atoms with van der Waals surface area (Å²) < 4.78 is 14.6. The number of rotatable bonds is 6. The van der Waals surface area contributed by atoms with Crippen LogP contribution in [-0.2, 0) is 11.4 Å². The molecule has 0 N–H and O–H groups in total. The van der Waals surface area contributed by atoms with Crippen molar-refractivity contribution in [1.82, 2.24) is 4.90 Å². The van der Waals surface area contributed by atoms with E-state index in [0.717, 1.165) is 14.7 Å². The first-order valence-corrected chi connectivity index (χ1v) is 11.8. The molecule has 0 saturated carbocycles. The maximum atomic E-state index is 12.3. The maximum Gasteiger partial charge on any atom is 0.265 e. The molecule has 0 unspecified atom stereocenters. The molecule has 0 atom stereocenters. The third kappa shape index (κ3) is 5.19. The lowest BCUT2D eigenvalue weighted by molar-refractivity contribution is -0.121. The fourth-order valence-corrected chi connectivity index (χ4v) is 4.83. The number of likely N-dealkylation sites (N-methyl/N-ethyl adjacent to an activating group) is 1. The minimum atomic E-state index is -0.0815. The summed E-state index contributed by atoms with van der Waals surface area (Å²) in [6, 6.07) is 12.1. The molecule has 0 radical (unpaired) electrons. The van der Waals surface area contributed by atoms with E-state index in [2.05, 4.69) is 69.4 Å². The van der Waals surface area contributed by atoms with Crippen LogP contribution in [-0.4, -0.2) is 28.8 Å². The molecule has 0 bridgehead atoms. The van der Waals surface area contributed by atoms with Gasteiger partial charge in [0.15, 0.2) is 11.5 Å². The Balaban J connectivity index is 1.86. The number of carbonyl (C=O) groups excluding carboxylic acids is 1. The summed E-state index contributed by atoms with van der Waals surface area (Å²) >= 11 is 11.0. The molecule has 2 aromatic carbocycles. The zero-order valence-electron chi connectivity index (χ0n) is 15.2. The molecule has 0 spiro atoms. The third-order valence-corrected chi connectivity index (χ3v) is 6.92. The van der Waals surface area contributed by atoms with Crippen LogP contribution in [0.15, 0.2) is 41.3 Å². The summed E-state index contributed by atoms with van der Waals surface area (Å²) in [5.41, 5.74) is 1.97. The number of hydrogen-bond acceptors (Lipinski definition) is 5. The van der Waals surface area contributed by atoms with E-state index >= 15 is 0 Å². The lowest BCUT2D eigenvalue weighted by Gasteiger charge is -2.15. The number of carbonyl (C=O) groups is 1. The first-order valence-electron chi connectivity index (χ1n) is 8.44. The number of ether oxygens (including phenoxy) is 2. The Morgan fingerprint density at radius 2 is 1.89 bits per heavy atom. The van der Waals surface area contributed by atoms with Gasteiger partial charge >= 0.3 is 0 Å². The Hall–Kier alpha value is -0.850. The van der Waals surface area contributed by atoms with E-state index in [1.165, 1.54) is 20.2 Å². The monoisotopic (exact) mass is 637 g/mol. The molecular weight excluding hydrogens is 620 g/mol. The van der Waals surface area contributed by atoms with Crippen LogP contribution in [0.1, 0.15) is 18.1 Å². The molecule has 1 fully saturated rings. The van der Waals surface area contributed by atoms with Crippen molar-refractivity contribution >= 4 is 85.5 Å². The second-order valence-electron chi connectivity index (χ2n) is 5.92. The van der Waals surface area contributed by atoms with Gasteiger partial charge in [-0.1, -0.05) is 36.1 Å². The fourth-order valence-electron chi connectivity index (χ4n) is 2.51. The standard InChI is InChI=1S/C20H17I2NO3S2/c1-3-25-16-9-13(10-17-19(24)23(2)20(27)28-17)8-15(22)18(16)26-11-12-4-6-14(21)7-5-12/h4-10H,3,11H2,1-2H3. The van der Waals surface area contributed by atoms with Crippen LogP contribution in [0.5, 0.6) is 11.5 Å². The minimum Gasteiger partial charge on any atom is -0.490 e. The second kappa shape index (κ2) is 9.77. The molecule has 1 saturated heterocycles. The lowest BCUT2D eigenvalue weighted by atomic mass is 10.1. The van der Waals surface area contributed by atoms with E-state index in [4.69, 9.17) is 21.7 Å². The average molecular weight is 637 g/mol. The molecule has 2 aromatic rings. The molecule has 1 heterocycles. The largest absolute Gasteiger partial charge is 0.490 e. The van der Waals surface area contributed by atoms with E-state index in [1.54, 1.807) is 7.05 Å². The number of thiocarbonyl (C=S) groups is 1. The molecular formula is C20H17I2NO3S2. The Bertz CT molecular complexity index is 945. The van der Waals surface area contributed by atoms with Crippen LogP contribution < -0.4 is 9.47 Å². The predicted molar refractivity (Wildman–Crippen MR) is 135 cm³/mol. The number of hydrogen-bond donors (Lipinski definition) is 0. The first-order chi connectivity index (χ1) is 13.4. The van der Waals surface area contributed by atoms with E-state index in [1.807, 2.05) is 25.1 Å². The topological polar surface area (TPSA) is 38.8 Å². The normalized spacial score (nSPS) is 15.4. The van der Waals surface area contributed by atoms with Crippen molar-refractivity contribution in [2.24, 2.45) is 0 Å². The van der Waals surface area contributed by atoms with Crippen molar-refractivity contribution in [3.63, 3.8) is 0 Å². The maximum absolute atomic E-state index is 12.3. The zero-order valence-corrected chi connectivity index (χ0v) is 21.1. The molecule has 4 nitrogen and oxygen atoms in total. The quantitative estimate of drug-likeness (QED) is 0.231. The number of amides is 1. The summed E-state index contributed by atoms with van der Waals surface area (Å²) in [5, 5.41) is 0. The average Bonchev–Trinajstić information content (AvgIpc) is 2.89. The minimum absolute atomic E-state index is 0.0815. The number of benzene rings is 2. The van der Waals surface area contributed by atoms with Crippen LogP contribution >= 0.6 is 69.2 Å². The first kappa shape index (κ1) is 21.8. The number of halogens is 2. The van der Waals surface area contributed by atoms with Crippen LogP contribution in [0.2, 0.25) is 0 Å². The van der Waals surface area contributed by atoms with Crippen LogP contribution in [0.4, 0.5) is 0 Å². The Morgan fingerprint density at radius 3 is 2.50 bits per heavy atom. The highest BCUT2D eigenvalue weighted by Crippen LogP contribution is 2.37. The van der Waals surface area contributed by atoms with Gasteiger partial charge in [0.2, 0.25) is 0 Å². The Labute approximate surface area is 201 Å². The van der Waals surface area contributed by atoms with Crippen LogP contribution in [0.25, 0.3) is 6.08 Å². The summed E-state index contributed by atoms with van der Waals surface area (Å²) in [6.45, 7) is 2.92. The summed E-state index contributed by atoms with van der Waals surface area (Å²) in [7, 11) is 1.69. The summed E-state index contributed by atoms with van der Waals surface area (Å²) in [6.07, 6.45) is 1.84. The molecule has 8 heteroatoms. The van der Waals surface area contributed by atoms with Crippen LogP contribution in [0.3, 0.4) is 0 Å². The molecule has 0 aliphatic carbocycles. The molecule has 0 aromatic heterocycles. The molecule has 3 rings (SSSR count). The van der Waals surface area contributed by atoms with Crippen molar-refractivity contribution in [2.75, 3.05) is 13.7 Å². The van der Waals surface area contributed by atoms with Gasteiger partial charge in [0.1, 0.15) is 10.9 Å². The molecule has 1 aliphatic heterocycles. The Kier molecular flexibility index (Phi) is 7.62. The van der Waals surface area contributed by atoms with E-state index in [0.29, 0.717) is 33.9 Å². The highest BCUT2D eigenvalue weighted by Gasteiger charge is 2.28. The summed E-state index contributed by atoms with van der Waals surface area (Å²) in [4.78, 5) is 14.4. The lowest BCUT2D eigenvalue weighted by Crippen LogP contribution is -2.22. The smallest absolute Gasteiger partial charge is 0.265 e. The molecule has 1 amide bonds. The molecule has 1 aliphatic rings. The van der Waals surface area contributed by atoms with Crippen LogP contribution in [0, 0.1) is 7.14 Å². The van der Waals surface area contributed by atoms with Crippen molar-refractivity contribution in [3.05, 3.63) is 59.6 Å². The highest BCUT2D eigenvalue weighted by molar-refractivity contribution is 14.1. The SMILES string of the molecule is CCOc1cc(C=C2SC(=S)N(C)C2=O)cc(I)c1OCc1ccc(I)cc1. The molecule has 28 heavy (non-hydrogen) atoms. The Morgan fingerprint density at radius 1 is 1.18 bits per heavy atom. The molecule has 146 valence electrons. The van der Waals surface area contributed by atoms with Gasteiger partial charge in [0, 0.05) is 10.6 Å². The van der Waals surface area contributed by atoms with Gasteiger partial charge in [-0.05, 0) is 93.6 Å². The van der Waals surface area contributed by atoms with E-state index < -0.39 is 0 Å². The van der Waals surface area contributed by atoms with Gasteiger partial charge in [-0.25, -0.2) is 0 Å². The van der Waals surface area contributed by atoms with Gasteiger partial charge in [-0.15, -0.1) is 0 Å². The second-order valence-corrected chi connectivity index (χ2v) is 10.0. The van der Waals surface area contributed by atoms with E-state index in [-0.39, 0.29) is 5.91 Å². The van der Waals surface area contributed by atoms with Crippen molar-refractivity contribution in [2.45, 2.75) is 13.5 Å². The number of thioether (sulfide) groups is 1. The highest BCUT2D eigenvalue weighted by atomic mass is 127. The number of nitrogens with zero attached hydrogens (tertiary/aromatic N) is 1. The third-order valence-electron chi connectivity index (χ3n) is 3.91. The van der Waals surface area contributed by atoms with Gasteiger partial charge in [0.25, 0.3) is 5.91 Å². The van der Waals surface area contributed by atoms with E-state index in [9.17, 15) is 4.79 Å². The van der Waals surface area contributed by atoms with Crippen molar-refractivity contribution in [1.29, 1.82) is 0 Å².